The fourth-order valence-corrected chi connectivity index (χ4v) is 16.8. The first-order valence-corrected chi connectivity index (χ1v) is 38.0. The van der Waals surface area contributed by atoms with Crippen LogP contribution in [-0.4, -0.2) is 150 Å². The van der Waals surface area contributed by atoms with Crippen molar-refractivity contribution in [3.63, 3.8) is 0 Å². The molecular formula is C87H123F6N15O3. The standard InChI is InChI=1S/3C29H41F2N5O/c3*1-19(2)27-34-33-20(3)36(27)25-17-23-9-10-24(18-25)35(23)16-13-26(21-7-5-4-6-8-21)32-28(37)22-11-14-29(30,31)15-12-22/h3*4-8,19,22-26H,9-18H2,1-3H3,(H,32,37)/i3D3,11D2,12D2,14D2,15D2,16D2,19D,22D;3D3,14D2,15D2,16D2,19D,22D;3D3,11D2,12D2,16D2,19D,22D. The van der Waals surface area contributed by atoms with Crippen molar-refractivity contribution in [3.8, 4) is 0 Å². The number of hydrogen-bond donors (Lipinski definition) is 3. The van der Waals surface area contributed by atoms with Crippen LogP contribution in [0.4, 0.5) is 26.3 Å². The van der Waals surface area contributed by atoms with Gasteiger partial charge in [-0.25, -0.2) is 26.3 Å². The van der Waals surface area contributed by atoms with E-state index >= 15 is 8.78 Å². The number of hydrogen-bond acceptors (Lipinski definition) is 12. The molecule has 6 bridgehead atoms. The molecule has 3 aromatic carbocycles. The summed E-state index contributed by atoms with van der Waals surface area (Å²) in [5, 5.41) is 31.3. The minimum Gasteiger partial charge on any atom is -0.349 e. The molecular weight excluding hydrogens is 1420 g/mol. The van der Waals surface area contributed by atoms with Gasteiger partial charge in [-0.1, -0.05) is 133 Å². The Morgan fingerprint density at radius 3 is 0.982 bits per heavy atom. The van der Waals surface area contributed by atoms with E-state index < -0.39 is 249 Å². The number of carbonyl (C=O) groups excluding carboxylic acids is 3. The van der Waals surface area contributed by atoms with Gasteiger partial charge in [0, 0.05) is 198 Å². The molecule has 111 heavy (non-hydrogen) atoms. The van der Waals surface area contributed by atoms with Crippen LogP contribution < -0.4 is 16.0 Å². The molecule has 6 aliphatic heterocycles. The van der Waals surface area contributed by atoms with Gasteiger partial charge in [0.25, 0.3) is 0 Å². The summed E-state index contributed by atoms with van der Waals surface area (Å²) in [7, 11) is 0. The number of benzene rings is 3. The maximum atomic E-state index is 15.1. The number of nitrogens with zero attached hydrogens (tertiary/aromatic N) is 12. The number of aromatic nitrogens is 9. The van der Waals surface area contributed by atoms with Gasteiger partial charge in [0.05, 0.1) is 18.1 Å². The van der Waals surface area contributed by atoms with E-state index in [9.17, 15) is 40.2 Å². The van der Waals surface area contributed by atoms with Crippen LogP contribution in [0.5, 0.6) is 0 Å². The molecule has 15 rings (SSSR count). The lowest BCUT2D eigenvalue weighted by Crippen LogP contribution is -2.45. The zero-order valence-electron chi connectivity index (χ0n) is 99.9. The molecule has 3 amide bonds. The number of fused-ring (bicyclic) bond motifs is 6. The molecule has 18 nitrogen and oxygen atoms in total. The van der Waals surface area contributed by atoms with Gasteiger partial charge >= 0.3 is 0 Å². The fourth-order valence-electron chi connectivity index (χ4n) is 16.8. The molecule has 3 aromatic heterocycles. The second-order valence-corrected chi connectivity index (χ2v) is 30.6. The number of rotatable bonds is 24. The summed E-state index contributed by atoms with van der Waals surface area (Å²) in [4.78, 5) is 46.3. The predicted molar refractivity (Wildman–Crippen MR) is 418 cm³/mol. The van der Waals surface area contributed by atoms with Crippen LogP contribution in [0.25, 0.3) is 0 Å². The van der Waals surface area contributed by atoms with Gasteiger partial charge in [-0.2, -0.15) is 0 Å². The number of carbonyl (C=O) groups is 3. The lowest BCUT2D eigenvalue weighted by Gasteiger charge is -2.40. The first-order chi connectivity index (χ1) is 67.0. The highest BCUT2D eigenvalue weighted by Crippen LogP contribution is 2.48. The zero-order chi connectivity index (χ0) is 111. The Kier molecular flexibility index (Phi) is 15.2. The van der Waals surface area contributed by atoms with Crippen molar-refractivity contribution >= 4 is 17.7 Å². The van der Waals surface area contributed by atoms with E-state index in [0.29, 0.717) is 75.3 Å². The van der Waals surface area contributed by atoms with E-state index in [-0.39, 0.29) is 83.9 Å². The summed E-state index contributed by atoms with van der Waals surface area (Å²) in [6.07, 6.45) is -32.6. The fraction of sp³-hybridized carbons (Fsp3) is 0.690. The molecule has 6 saturated heterocycles. The highest BCUT2D eigenvalue weighted by atomic mass is 19.3. The Bertz CT molecular complexity index is 5590. The smallest absolute Gasteiger partial charge is 0.248 e. The van der Waals surface area contributed by atoms with Gasteiger partial charge in [0.15, 0.2) is 0 Å². The van der Waals surface area contributed by atoms with Crippen molar-refractivity contribution in [1.82, 2.24) is 74.9 Å². The van der Waals surface area contributed by atoms with Crippen molar-refractivity contribution in [2.24, 2.45) is 17.7 Å². The maximum Gasteiger partial charge on any atom is 0.248 e. The number of amides is 3. The molecule has 0 radical (unpaired) electrons. The van der Waals surface area contributed by atoms with Crippen molar-refractivity contribution in [2.45, 2.75) is 343 Å². The van der Waals surface area contributed by atoms with Gasteiger partial charge in [-0.15, -0.1) is 30.6 Å². The van der Waals surface area contributed by atoms with E-state index in [0.717, 1.165) is 0 Å². The van der Waals surface area contributed by atoms with Crippen molar-refractivity contribution in [1.29, 1.82) is 0 Å². The lowest BCUT2D eigenvalue weighted by atomic mass is 9.86. The number of piperidine rings is 3. The van der Waals surface area contributed by atoms with Crippen LogP contribution in [0.1, 0.15) is 371 Å². The van der Waals surface area contributed by atoms with Crippen molar-refractivity contribution in [2.75, 3.05) is 19.5 Å². The highest BCUT2D eigenvalue weighted by molar-refractivity contribution is 5.80. The van der Waals surface area contributed by atoms with Crippen LogP contribution >= 0.6 is 0 Å². The number of halogens is 6. The minimum absolute atomic E-state index is 0.143. The van der Waals surface area contributed by atoms with Crippen molar-refractivity contribution in [3.05, 3.63) is 143 Å². The first kappa shape index (κ1) is 47.1. The average Bonchev–Trinajstić information content (AvgIpc) is 0.914. The summed E-state index contributed by atoms with van der Waals surface area (Å²) in [6, 6.07) is 16.7. The monoisotopic (exact) mass is 1580 g/mol. The first-order valence-electron chi connectivity index (χ1n) is 56.5. The molecule has 3 saturated carbocycles. The van der Waals surface area contributed by atoms with Crippen LogP contribution in [0.2, 0.25) is 0 Å². The third-order valence-electron chi connectivity index (χ3n) is 22.2. The van der Waals surface area contributed by atoms with Gasteiger partial charge in [0.1, 0.15) is 34.9 Å². The topological polar surface area (TPSA) is 189 Å². The number of nitrogens with one attached hydrogen (secondary N) is 3. The molecule has 24 heteroatoms. The molecule has 3 N–H and O–H groups in total. The molecule has 9 aliphatic rings. The second kappa shape index (κ2) is 35.8. The number of aryl methyl sites for hydroxylation is 3. The maximum absolute atomic E-state index is 15.1. The van der Waals surface area contributed by atoms with Crippen molar-refractivity contribution < 1.29 is 91.4 Å². The summed E-state index contributed by atoms with van der Waals surface area (Å²) in [5.41, 5.74) is 1.06. The zero-order valence-corrected chi connectivity index (χ0v) is 62.9. The average molecular weight is 1580 g/mol. The van der Waals surface area contributed by atoms with E-state index in [4.69, 9.17) is 42.5 Å². The van der Waals surface area contributed by atoms with Crippen LogP contribution in [0, 0.1) is 38.2 Å². The third-order valence-corrected chi connectivity index (χ3v) is 22.2. The van der Waals surface area contributed by atoms with Crippen LogP contribution in [0.15, 0.2) is 91.0 Å². The van der Waals surface area contributed by atoms with E-state index in [1.54, 1.807) is 123 Å². The Morgan fingerprint density at radius 1 is 0.414 bits per heavy atom. The van der Waals surface area contributed by atoms with Gasteiger partial charge < -0.3 is 29.7 Å². The second-order valence-electron chi connectivity index (χ2n) is 30.6. The Morgan fingerprint density at radius 2 is 0.694 bits per heavy atom. The molecule has 9 atom stereocenters. The normalized spacial score (nSPS) is 37.3. The number of alkyl halides is 6. The summed E-state index contributed by atoms with van der Waals surface area (Å²) in [5.74, 6) is -32.0. The lowest BCUT2D eigenvalue weighted by molar-refractivity contribution is -0.131. The van der Waals surface area contributed by atoms with Gasteiger partial charge in [-0.05, 0) is 172 Å². The molecule has 606 valence electrons. The SMILES string of the molecule is [2H]C([2H])([2H])c1nnc(C([2H])(C)C)n1C1CC2CCC(C1)N2C([2H])([2H])CC(NC(=O)C1([2H])C([2H])([2H])C([2H])([2H])C(F)(F)C([2H])([2H])C1([2H])[2H])c1ccccc1.[2H]C([2H])([2H])c1nnc(C([2H])(C)C)n1C1CC2CCC(C1)N2C([2H])([2H])CC(NC(=O)C1([2H])C([2H])([2H])CC(F)(F)CC1([2H])[2H])c1ccccc1.[2H]C1(C(=O)NC(CC([2H])([2H])N2C3CCC2CC(n2c(C([2H])([2H])[2H])nnc2C([2H])(C)C)C3)c2ccccc2)CC([2H])([2H])C(F)(F)C([2H])([2H])C1. The largest absolute Gasteiger partial charge is 0.349 e. The van der Waals surface area contributed by atoms with Gasteiger partial charge in [0.2, 0.25) is 35.5 Å². The Balaban J connectivity index is 0.000000186. The van der Waals surface area contributed by atoms with Crippen LogP contribution in [0.3, 0.4) is 0 Å². The third kappa shape index (κ3) is 19.8. The quantitative estimate of drug-likeness (QED) is 0.0487. The molecule has 9 fully saturated rings. The minimum atomic E-state index is -5.31. The van der Waals surface area contributed by atoms with Crippen LogP contribution in [-0.2, 0) is 14.4 Å². The Labute approximate surface area is 706 Å². The van der Waals surface area contributed by atoms with Gasteiger partial charge in [-0.3, -0.25) is 29.1 Å². The summed E-state index contributed by atoms with van der Waals surface area (Å²) in [6.45, 7) is -4.81. The predicted octanol–water partition coefficient (Wildman–Crippen LogP) is 17.9. The van der Waals surface area contributed by atoms with E-state index in [1.165, 1.54) is 38.0 Å². The summed E-state index contributed by atoms with van der Waals surface area (Å²) >= 11 is 0. The molecule has 9 heterocycles. The van der Waals surface area contributed by atoms with E-state index in [1.807, 2.05) is 0 Å². The molecule has 0 spiro atoms. The molecule has 9 unspecified atom stereocenters. The molecule has 6 aromatic rings. The molecule has 3 aliphatic carbocycles. The van der Waals surface area contributed by atoms with E-state index in [2.05, 4.69) is 46.5 Å². The Hall–Kier alpha value is -7.05. The summed E-state index contributed by atoms with van der Waals surface area (Å²) < 4.78 is 401. The highest BCUT2D eigenvalue weighted by Gasteiger charge is 2.48.